The first-order chi connectivity index (χ1) is 9.85. The molecule has 1 fully saturated rings. The summed E-state index contributed by atoms with van der Waals surface area (Å²) in [6.45, 7) is 9.95. The van der Waals surface area contributed by atoms with Gasteiger partial charge in [0.1, 0.15) is 0 Å². The van der Waals surface area contributed by atoms with Gasteiger partial charge in [-0.15, -0.1) is 0 Å². The minimum absolute atomic E-state index is 0.0672. The van der Waals surface area contributed by atoms with E-state index in [-0.39, 0.29) is 5.41 Å². The van der Waals surface area contributed by atoms with Gasteiger partial charge in [0.05, 0.1) is 10.6 Å². The fourth-order valence-corrected chi connectivity index (χ4v) is 4.17. The first kappa shape index (κ1) is 15.0. The van der Waals surface area contributed by atoms with Crippen molar-refractivity contribution in [3.63, 3.8) is 0 Å². The van der Waals surface area contributed by atoms with Crippen molar-refractivity contribution in [1.82, 2.24) is 4.98 Å². The third kappa shape index (κ3) is 3.31. The average molecular weight is 306 g/mol. The topological polar surface area (TPSA) is 33.2 Å². The number of ketones is 1. The lowest BCUT2D eigenvalue weighted by Crippen LogP contribution is -2.28. The second kappa shape index (κ2) is 5.38. The molecular weight excluding hydrogens is 280 g/mol. The Labute approximate surface area is 131 Å². The van der Waals surface area contributed by atoms with Gasteiger partial charge in [0, 0.05) is 19.0 Å². The number of hydrogen-bond donors (Lipinski definition) is 0. The lowest BCUT2D eigenvalue weighted by Gasteiger charge is -2.26. The van der Waals surface area contributed by atoms with Crippen molar-refractivity contribution in [2.45, 2.75) is 65.8 Å². The highest BCUT2D eigenvalue weighted by atomic mass is 32.1. The van der Waals surface area contributed by atoms with Crippen molar-refractivity contribution in [3.8, 4) is 0 Å². The Hall–Kier alpha value is -0.900. The summed E-state index contributed by atoms with van der Waals surface area (Å²) in [4.78, 5) is 20.6. The summed E-state index contributed by atoms with van der Waals surface area (Å²) >= 11 is 1.64. The number of fused-ring (bicyclic) bond motifs is 1. The van der Waals surface area contributed by atoms with E-state index in [2.05, 4.69) is 32.6 Å². The number of Topliss-reactive ketones (excluding diaryl/α,β-unsaturated/α-hetero) is 1. The quantitative estimate of drug-likeness (QED) is 0.812. The summed E-state index contributed by atoms with van der Waals surface area (Å²) in [5.41, 5.74) is 1.11. The molecule has 0 atom stereocenters. The molecule has 0 saturated heterocycles. The van der Waals surface area contributed by atoms with Gasteiger partial charge in [-0.25, -0.2) is 4.98 Å². The Kier molecular flexibility index (Phi) is 3.85. The number of aromatic nitrogens is 1. The molecule has 0 aromatic carbocycles. The number of thiazole rings is 1. The van der Waals surface area contributed by atoms with Gasteiger partial charge in [0.2, 0.25) is 0 Å². The predicted molar refractivity (Wildman–Crippen MR) is 88.4 cm³/mol. The minimum atomic E-state index is 0.0672. The lowest BCUT2D eigenvalue weighted by atomic mass is 9.78. The molecule has 2 aliphatic rings. The Morgan fingerprint density at radius 1 is 1.33 bits per heavy atom. The molecule has 1 aromatic heterocycles. The first-order valence-corrected chi connectivity index (χ1v) is 8.97. The number of carbonyl (C=O) groups is 1. The zero-order chi connectivity index (χ0) is 15.2. The molecule has 116 valence electrons. The van der Waals surface area contributed by atoms with Crippen LogP contribution in [0.1, 0.15) is 68.7 Å². The summed E-state index contributed by atoms with van der Waals surface area (Å²) in [5.74, 6) is 1.01. The van der Waals surface area contributed by atoms with E-state index in [1.54, 1.807) is 11.3 Å². The van der Waals surface area contributed by atoms with Crippen molar-refractivity contribution < 1.29 is 4.79 Å². The molecule has 2 aliphatic carbocycles. The number of anilines is 1. The normalized spacial score (nSPS) is 20.7. The van der Waals surface area contributed by atoms with E-state index in [1.165, 1.54) is 19.3 Å². The molecule has 0 radical (unpaired) electrons. The summed E-state index contributed by atoms with van der Waals surface area (Å²) in [6, 6.07) is 0.666. The predicted octanol–water partition coefficient (Wildman–Crippen LogP) is 4.31. The fourth-order valence-electron chi connectivity index (χ4n) is 3.05. The third-order valence-electron chi connectivity index (χ3n) is 4.41. The molecule has 4 heteroatoms. The van der Waals surface area contributed by atoms with Crippen LogP contribution < -0.4 is 4.90 Å². The summed E-state index contributed by atoms with van der Waals surface area (Å²) < 4.78 is 0. The number of hydrogen-bond acceptors (Lipinski definition) is 4. The monoisotopic (exact) mass is 306 g/mol. The van der Waals surface area contributed by atoms with Gasteiger partial charge in [-0.1, -0.05) is 39.0 Å². The maximum Gasteiger partial charge on any atom is 0.186 e. The van der Waals surface area contributed by atoms with Crippen LogP contribution in [0.4, 0.5) is 5.13 Å². The van der Waals surface area contributed by atoms with Crippen LogP contribution in [0.25, 0.3) is 0 Å². The molecular formula is C17H26N2OS. The highest BCUT2D eigenvalue weighted by Gasteiger charge is 2.36. The van der Waals surface area contributed by atoms with E-state index in [1.807, 2.05) is 0 Å². The molecule has 0 aliphatic heterocycles. The summed E-state index contributed by atoms with van der Waals surface area (Å²) in [6.07, 6.45) is 5.36. The van der Waals surface area contributed by atoms with E-state index in [9.17, 15) is 4.79 Å². The molecule has 0 amide bonds. The van der Waals surface area contributed by atoms with E-state index < -0.39 is 0 Å². The minimum Gasteiger partial charge on any atom is -0.345 e. The van der Waals surface area contributed by atoms with Crippen molar-refractivity contribution in [3.05, 3.63) is 10.6 Å². The number of rotatable bonds is 5. The lowest BCUT2D eigenvalue weighted by molar-refractivity contribution is 0.0916. The Bertz CT molecular complexity index is 543. The summed E-state index contributed by atoms with van der Waals surface area (Å²) in [7, 11) is 0. The van der Waals surface area contributed by atoms with Crippen LogP contribution >= 0.6 is 11.3 Å². The smallest absolute Gasteiger partial charge is 0.186 e. The second-order valence-corrected chi connectivity index (χ2v) is 8.80. The molecule has 1 heterocycles. The van der Waals surface area contributed by atoms with Gasteiger partial charge in [-0.05, 0) is 37.0 Å². The molecule has 3 rings (SSSR count). The molecule has 0 spiro atoms. The standard InChI is InChI=1S/C17H26N2OS/c1-11(2)7-8-19(12-5-6-12)16-18-13-9-17(3,4)10-14(20)15(13)21-16/h11-12H,5-10H2,1-4H3. The molecule has 1 saturated carbocycles. The van der Waals surface area contributed by atoms with E-state index in [0.29, 0.717) is 24.2 Å². The maximum atomic E-state index is 12.3. The summed E-state index contributed by atoms with van der Waals surface area (Å²) in [5, 5.41) is 1.09. The van der Waals surface area contributed by atoms with Gasteiger partial charge < -0.3 is 4.90 Å². The third-order valence-corrected chi connectivity index (χ3v) is 5.58. The highest BCUT2D eigenvalue weighted by Crippen LogP contribution is 2.41. The van der Waals surface area contributed by atoms with Crippen LogP contribution in [-0.2, 0) is 6.42 Å². The van der Waals surface area contributed by atoms with E-state index in [4.69, 9.17) is 4.98 Å². The Balaban J connectivity index is 1.84. The van der Waals surface area contributed by atoms with Crippen molar-refractivity contribution in [2.24, 2.45) is 11.3 Å². The van der Waals surface area contributed by atoms with Crippen LogP contribution in [0, 0.1) is 11.3 Å². The van der Waals surface area contributed by atoms with Crippen molar-refractivity contribution in [1.29, 1.82) is 0 Å². The molecule has 1 aromatic rings. The zero-order valence-electron chi connectivity index (χ0n) is 13.6. The average Bonchev–Trinajstić information content (AvgIpc) is 3.09. The molecule has 21 heavy (non-hydrogen) atoms. The van der Waals surface area contributed by atoms with Crippen LogP contribution in [-0.4, -0.2) is 23.4 Å². The first-order valence-electron chi connectivity index (χ1n) is 8.15. The maximum absolute atomic E-state index is 12.3. The van der Waals surface area contributed by atoms with Crippen LogP contribution in [0.5, 0.6) is 0 Å². The van der Waals surface area contributed by atoms with Crippen LogP contribution in [0.2, 0.25) is 0 Å². The fraction of sp³-hybridized carbons (Fsp3) is 0.765. The van der Waals surface area contributed by atoms with Gasteiger partial charge >= 0.3 is 0 Å². The Morgan fingerprint density at radius 3 is 2.67 bits per heavy atom. The number of nitrogens with zero attached hydrogens (tertiary/aromatic N) is 2. The molecule has 0 N–H and O–H groups in total. The molecule has 0 unspecified atom stereocenters. The van der Waals surface area contributed by atoms with Gasteiger partial charge in [0.15, 0.2) is 10.9 Å². The Morgan fingerprint density at radius 2 is 2.05 bits per heavy atom. The van der Waals surface area contributed by atoms with Crippen LogP contribution in [0.3, 0.4) is 0 Å². The van der Waals surface area contributed by atoms with E-state index >= 15 is 0 Å². The van der Waals surface area contributed by atoms with Crippen molar-refractivity contribution in [2.75, 3.05) is 11.4 Å². The van der Waals surface area contributed by atoms with Gasteiger partial charge in [0.25, 0.3) is 0 Å². The second-order valence-electron chi connectivity index (χ2n) is 7.82. The number of carbonyl (C=O) groups excluding carboxylic acids is 1. The van der Waals surface area contributed by atoms with Gasteiger partial charge in [-0.3, -0.25) is 4.79 Å². The SMILES string of the molecule is CC(C)CCN(c1nc2c(s1)C(=O)CC(C)(C)C2)C1CC1. The zero-order valence-corrected chi connectivity index (χ0v) is 14.4. The van der Waals surface area contributed by atoms with Crippen molar-refractivity contribution >= 4 is 22.3 Å². The molecule has 3 nitrogen and oxygen atoms in total. The largest absolute Gasteiger partial charge is 0.345 e. The highest BCUT2D eigenvalue weighted by molar-refractivity contribution is 7.17. The van der Waals surface area contributed by atoms with E-state index in [0.717, 1.165) is 28.7 Å². The molecule has 0 bridgehead atoms. The van der Waals surface area contributed by atoms with Gasteiger partial charge in [-0.2, -0.15) is 0 Å². The van der Waals surface area contributed by atoms with Crippen LogP contribution in [0.15, 0.2) is 0 Å².